The Morgan fingerprint density at radius 3 is 2.94 bits per heavy atom. The maximum atomic E-state index is 13.8. The average molecular weight is 251 g/mol. The van der Waals surface area contributed by atoms with Gasteiger partial charge in [-0.05, 0) is 26.3 Å². The van der Waals surface area contributed by atoms with Gasteiger partial charge in [-0.2, -0.15) is 4.98 Å². The van der Waals surface area contributed by atoms with E-state index in [0.29, 0.717) is 17.9 Å². The third-order valence-corrected chi connectivity index (χ3v) is 4.19. The van der Waals surface area contributed by atoms with Gasteiger partial charge in [0.15, 0.2) is 11.6 Å². The van der Waals surface area contributed by atoms with Crippen LogP contribution < -0.4 is 10.6 Å². The number of aromatic nitrogens is 2. The summed E-state index contributed by atoms with van der Waals surface area (Å²) in [5.74, 6) is 0.0993. The van der Waals surface area contributed by atoms with Gasteiger partial charge in [0.1, 0.15) is 0 Å². The predicted molar refractivity (Wildman–Crippen MR) is 67.8 cm³/mol. The monoisotopic (exact) mass is 251 g/mol. The maximum absolute atomic E-state index is 13.8. The number of rotatable bonds is 1. The topological polar surface area (TPSA) is 58.3 Å². The molecule has 0 aliphatic carbocycles. The molecule has 0 radical (unpaired) electrons. The first-order chi connectivity index (χ1) is 8.65. The highest BCUT2D eigenvalue weighted by atomic mass is 19.1. The first-order valence-electron chi connectivity index (χ1n) is 6.40. The van der Waals surface area contributed by atoms with E-state index in [1.807, 2.05) is 4.90 Å². The van der Waals surface area contributed by atoms with Crippen LogP contribution in [0.3, 0.4) is 0 Å². The third-order valence-electron chi connectivity index (χ3n) is 4.19. The SMILES string of the molecule is CN1C2CCC1CN(c1nc(N)ncc1F)CC2. The van der Waals surface area contributed by atoms with Crippen LogP contribution >= 0.6 is 0 Å². The van der Waals surface area contributed by atoms with Gasteiger partial charge >= 0.3 is 0 Å². The number of anilines is 2. The Balaban J connectivity index is 1.87. The minimum absolute atomic E-state index is 0.133. The molecule has 2 aliphatic heterocycles. The molecule has 2 aliphatic rings. The molecule has 1 aromatic rings. The van der Waals surface area contributed by atoms with Crippen molar-refractivity contribution < 1.29 is 4.39 Å². The summed E-state index contributed by atoms with van der Waals surface area (Å²) in [6, 6.07) is 1.12. The van der Waals surface area contributed by atoms with Gasteiger partial charge in [-0.3, -0.25) is 4.90 Å². The van der Waals surface area contributed by atoms with E-state index < -0.39 is 0 Å². The van der Waals surface area contributed by atoms with Crippen molar-refractivity contribution in [3.05, 3.63) is 12.0 Å². The summed E-state index contributed by atoms with van der Waals surface area (Å²) in [5, 5.41) is 0. The second-order valence-corrected chi connectivity index (χ2v) is 5.18. The van der Waals surface area contributed by atoms with E-state index in [2.05, 4.69) is 21.9 Å². The fraction of sp³-hybridized carbons (Fsp3) is 0.667. The standard InChI is InChI=1S/C12H18FN5/c1-17-8-2-3-9(17)7-18(5-4-8)11-10(13)6-15-12(14)16-11/h6,8-9H,2-5,7H2,1H3,(H2,14,15,16). The van der Waals surface area contributed by atoms with Gasteiger partial charge in [0.05, 0.1) is 6.20 Å². The number of nitrogen functional groups attached to an aromatic ring is 1. The molecule has 2 atom stereocenters. The van der Waals surface area contributed by atoms with Crippen LogP contribution in [0, 0.1) is 5.82 Å². The Morgan fingerprint density at radius 1 is 1.33 bits per heavy atom. The summed E-state index contributed by atoms with van der Waals surface area (Å²) in [6.45, 7) is 1.65. The largest absolute Gasteiger partial charge is 0.368 e. The van der Waals surface area contributed by atoms with Gasteiger partial charge in [-0.1, -0.05) is 0 Å². The Hall–Kier alpha value is -1.43. The third kappa shape index (κ3) is 1.90. The lowest BCUT2D eigenvalue weighted by atomic mass is 10.1. The molecule has 0 amide bonds. The number of halogens is 1. The van der Waals surface area contributed by atoms with Crippen LogP contribution in [-0.2, 0) is 0 Å². The zero-order valence-electron chi connectivity index (χ0n) is 10.5. The van der Waals surface area contributed by atoms with Crippen LogP contribution in [-0.4, -0.2) is 47.1 Å². The number of hydrogen-bond donors (Lipinski definition) is 1. The lowest BCUT2D eigenvalue weighted by Crippen LogP contribution is -2.37. The number of likely N-dealkylation sites (N-methyl/N-ethyl adjacent to an activating group) is 1. The quantitative estimate of drug-likeness (QED) is 0.802. The first kappa shape index (κ1) is 11.6. The van der Waals surface area contributed by atoms with Crippen molar-refractivity contribution in [1.29, 1.82) is 0 Å². The van der Waals surface area contributed by atoms with E-state index in [1.165, 1.54) is 12.8 Å². The van der Waals surface area contributed by atoms with Crippen LogP contribution in [0.2, 0.25) is 0 Å². The molecule has 6 heteroatoms. The molecule has 0 spiro atoms. The molecular formula is C12H18FN5. The number of fused-ring (bicyclic) bond motifs is 2. The van der Waals surface area contributed by atoms with Crippen molar-refractivity contribution in [2.75, 3.05) is 30.8 Å². The van der Waals surface area contributed by atoms with Gasteiger partial charge in [-0.15, -0.1) is 0 Å². The van der Waals surface area contributed by atoms with Crippen molar-refractivity contribution in [3.63, 3.8) is 0 Å². The van der Waals surface area contributed by atoms with Crippen LogP contribution in [0.5, 0.6) is 0 Å². The van der Waals surface area contributed by atoms with E-state index in [1.54, 1.807) is 0 Å². The molecule has 2 fully saturated rings. The van der Waals surface area contributed by atoms with Gasteiger partial charge in [0.25, 0.3) is 0 Å². The van der Waals surface area contributed by atoms with Crippen molar-refractivity contribution in [1.82, 2.24) is 14.9 Å². The molecule has 2 saturated heterocycles. The smallest absolute Gasteiger partial charge is 0.222 e. The number of nitrogens with zero attached hydrogens (tertiary/aromatic N) is 4. The summed E-state index contributed by atoms with van der Waals surface area (Å²) < 4.78 is 13.8. The van der Waals surface area contributed by atoms with Crippen molar-refractivity contribution in [2.24, 2.45) is 0 Å². The van der Waals surface area contributed by atoms with E-state index in [-0.39, 0.29) is 11.8 Å². The van der Waals surface area contributed by atoms with Crippen LogP contribution in [0.25, 0.3) is 0 Å². The van der Waals surface area contributed by atoms with E-state index in [0.717, 1.165) is 25.7 Å². The summed E-state index contributed by atoms with van der Waals surface area (Å²) in [6.07, 6.45) is 4.64. The van der Waals surface area contributed by atoms with E-state index >= 15 is 0 Å². The number of hydrogen-bond acceptors (Lipinski definition) is 5. The Kier molecular flexibility index (Phi) is 2.81. The van der Waals surface area contributed by atoms with Crippen LogP contribution in [0.4, 0.5) is 16.2 Å². The molecule has 3 heterocycles. The molecule has 18 heavy (non-hydrogen) atoms. The summed E-state index contributed by atoms with van der Waals surface area (Å²) in [4.78, 5) is 12.1. The molecule has 2 N–H and O–H groups in total. The average Bonchev–Trinajstić information content (AvgIpc) is 2.57. The molecule has 1 aromatic heterocycles. The van der Waals surface area contributed by atoms with Crippen molar-refractivity contribution >= 4 is 11.8 Å². The minimum Gasteiger partial charge on any atom is -0.368 e. The predicted octanol–water partition coefficient (Wildman–Crippen LogP) is 0.871. The zero-order valence-corrected chi connectivity index (χ0v) is 10.5. The zero-order chi connectivity index (χ0) is 12.7. The Morgan fingerprint density at radius 2 is 2.11 bits per heavy atom. The van der Waals surface area contributed by atoms with Crippen LogP contribution in [0.15, 0.2) is 6.20 Å². The molecule has 0 aromatic carbocycles. The molecule has 5 nitrogen and oxygen atoms in total. The van der Waals surface area contributed by atoms with Crippen molar-refractivity contribution in [2.45, 2.75) is 31.3 Å². The summed E-state index contributed by atoms with van der Waals surface area (Å²) in [7, 11) is 2.16. The normalized spacial score (nSPS) is 28.4. The molecule has 2 bridgehead atoms. The molecule has 3 rings (SSSR count). The number of nitrogens with two attached hydrogens (primary N) is 1. The van der Waals surface area contributed by atoms with E-state index in [9.17, 15) is 4.39 Å². The molecular weight excluding hydrogens is 233 g/mol. The van der Waals surface area contributed by atoms with Gasteiger partial charge < -0.3 is 10.6 Å². The summed E-state index contributed by atoms with van der Waals surface area (Å²) in [5.41, 5.74) is 5.55. The second-order valence-electron chi connectivity index (χ2n) is 5.18. The van der Waals surface area contributed by atoms with Gasteiger partial charge in [-0.25, -0.2) is 9.37 Å². The second kappa shape index (κ2) is 4.35. The highest BCUT2D eigenvalue weighted by molar-refractivity contribution is 5.43. The minimum atomic E-state index is -0.385. The highest BCUT2D eigenvalue weighted by Crippen LogP contribution is 2.30. The summed E-state index contributed by atoms with van der Waals surface area (Å²) >= 11 is 0. The fourth-order valence-electron chi connectivity index (χ4n) is 3.09. The first-order valence-corrected chi connectivity index (χ1v) is 6.40. The highest BCUT2D eigenvalue weighted by Gasteiger charge is 2.35. The Bertz CT molecular complexity index is 452. The van der Waals surface area contributed by atoms with E-state index in [4.69, 9.17) is 5.73 Å². The lowest BCUT2D eigenvalue weighted by molar-refractivity contribution is 0.254. The molecule has 0 saturated carbocycles. The maximum Gasteiger partial charge on any atom is 0.222 e. The molecule has 98 valence electrons. The van der Waals surface area contributed by atoms with Crippen molar-refractivity contribution in [3.8, 4) is 0 Å². The fourth-order valence-corrected chi connectivity index (χ4v) is 3.09. The van der Waals surface area contributed by atoms with Gasteiger partial charge in [0, 0.05) is 25.2 Å². The van der Waals surface area contributed by atoms with Crippen LogP contribution in [0.1, 0.15) is 19.3 Å². The molecule has 2 unspecified atom stereocenters. The Labute approximate surface area is 106 Å². The van der Waals surface area contributed by atoms with Gasteiger partial charge in [0.2, 0.25) is 5.95 Å². The lowest BCUT2D eigenvalue weighted by Gasteiger charge is -2.26.